The van der Waals surface area contributed by atoms with Crippen molar-refractivity contribution in [3.63, 3.8) is 0 Å². The average molecular weight is 595 g/mol. The van der Waals surface area contributed by atoms with Crippen molar-refractivity contribution in [3.8, 4) is 5.75 Å². The topological polar surface area (TPSA) is 172 Å². The molecule has 3 saturated heterocycles. The molecule has 3 fully saturated rings. The van der Waals surface area contributed by atoms with Crippen LogP contribution < -0.4 is 15.8 Å². The molecule has 1 aromatic rings. The van der Waals surface area contributed by atoms with Gasteiger partial charge in [0, 0.05) is 63.6 Å². The highest BCUT2D eigenvalue weighted by Crippen LogP contribution is 2.29. The summed E-state index contributed by atoms with van der Waals surface area (Å²) in [5, 5.41) is 19.1. The zero-order chi connectivity index (χ0) is 29.9. The van der Waals surface area contributed by atoms with Gasteiger partial charge >= 0.3 is 11.9 Å². The number of nitrogens with two attached hydrogens (primary N) is 1. The van der Waals surface area contributed by atoms with Crippen LogP contribution in [0.25, 0.3) is 0 Å². The number of methoxy groups -OCH3 is 1. The molecular formula is C28H39ClN4O8. The molecule has 0 radical (unpaired) electrons. The standard InChI is InChI=1S/C24H35ClN4O4.C4H4O4/c1-32-22-14-20(26)19(25)13-18(22)23(30)27-17-6-8-28(9-7-17)15-16-4-10-29(11-5-16)24(31)21-3-2-12-33-21;5-3(6)1-2-4(7)8/h13-14,16-17,21H,2-12,15,26H2,1H3,(H,27,30);1-2H,(H,5,6)(H,7,8)/b;2-1+. The van der Waals surface area contributed by atoms with Gasteiger partial charge < -0.3 is 40.5 Å². The molecule has 1 aromatic carbocycles. The Morgan fingerprint density at radius 2 is 1.68 bits per heavy atom. The van der Waals surface area contributed by atoms with Gasteiger partial charge in [-0.1, -0.05) is 11.6 Å². The number of carboxylic acids is 2. The fraction of sp³-hybridized carbons (Fsp3) is 0.571. The summed E-state index contributed by atoms with van der Waals surface area (Å²) in [7, 11) is 1.51. The number of likely N-dealkylation sites (tertiary alicyclic amines) is 2. The number of hydrogen-bond donors (Lipinski definition) is 4. The largest absolute Gasteiger partial charge is 0.496 e. The summed E-state index contributed by atoms with van der Waals surface area (Å²) in [5.74, 6) is -1.47. The number of carbonyl (C=O) groups is 4. The van der Waals surface area contributed by atoms with Gasteiger partial charge in [-0.25, -0.2) is 9.59 Å². The highest BCUT2D eigenvalue weighted by molar-refractivity contribution is 6.33. The van der Waals surface area contributed by atoms with E-state index in [-0.39, 0.29) is 24.0 Å². The lowest BCUT2D eigenvalue weighted by Crippen LogP contribution is -2.48. The van der Waals surface area contributed by atoms with Crippen LogP contribution in [0, 0.1) is 5.92 Å². The summed E-state index contributed by atoms with van der Waals surface area (Å²) >= 11 is 6.11. The Bertz CT molecular complexity index is 1090. The number of carboxylic acid groups (broad SMARTS) is 2. The van der Waals surface area contributed by atoms with Gasteiger partial charge in [-0.3, -0.25) is 9.59 Å². The molecule has 5 N–H and O–H groups in total. The first kappa shape index (κ1) is 32.2. The smallest absolute Gasteiger partial charge is 0.328 e. The molecule has 3 aliphatic rings. The van der Waals surface area contributed by atoms with Crippen LogP contribution >= 0.6 is 11.6 Å². The highest BCUT2D eigenvalue weighted by atomic mass is 35.5. The van der Waals surface area contributed by atoms with Crippen molar-refractivity contribution < 1.29 is 38.9 Å². The molecular weight excluding hydrogens is 556 g/mol. The molecule has 4 rings (SSSR count). The third kappa shape index (κ3) is 9.91. The molecule has 0 spiro atoms. The van der Waals surface area contributed by atoms with Crippen molar-refractivity contribution in [2.24, 2.45) is 5.92 Å². The molecule has 2 amide bonds. The summed E-state index contributed by atoms with van der Waals surface area (Å²) in [6.07, 6.45) is 6.68. The lowest BCUT2D eigenvalue weighted by atomic mass is 9.94. The van der Waals surface area contributed by atoms with Crippen LogP contribution in [0.15, 0.2) is 24.3 Å². The summed E-state index contributed by atoms with van der Waals surface area (Å²) < 4.78 is 10.9. The number of amides is 2. The number of piperidine rings is 2. The third-order valence-electron chi connectivity index (χ3n) is 7.50. The molecule has 226 valence electrons. The van der Waals surface area contributed by atoms with Gasteiger partial charge in [0.1, 0.15) is 11.9 Å². The first-order chi connectivity index (χ1) is 19.6. The zero-order valence-electron chi connectivity index (χ0n) is 23.2. The van der Waals surface area contributed by atoms with E-state index in [2.05, 4.69) is 10.2 Å². The first-order valence-electron chi connectivity index (χ1n) is 13.8. The molecule has 41 heavy (non-hydrogen) atoms. The van der Waals surface area contributed by atoms with E-state index in [4.69, 9.17) is 37.0 Å². The summed E-state index contributed by atoms with van der Waals surface area (Å²) in [4.78, 5) is 48.9. The maximum Gasteiger partial charge on any atom is 0.328 e. The van der Waals surface area contributed by atoms with E-state index in [1.54, 1.807) is 12.1 Å². The van der Waals surface area contributed by atoms with Gasteiger partial charge in [0.15, 0.2) is 0 Å². The monoisotopic (exact) mass is 594 g/mol. The van der Waals surface area contributed by atoms with Crippen LogP contribution in [0.3, 0.4) is 0 Å². The van der Waals surface area contributed by atoms with Crippen LogP contribution in [0.1, 0.15) is 48.9 Å². The van der Waals surface area contributed by atoms with E-state index in [0.717, 1.165) is 71.2 Å². The Hall–Kier alpha value is -3.35. The van der Waals surface area contributed by atoms with E-state index in [1.165, 1.54) is 7.11 Å². The zero-order valence-corrected chi connectivity index (χ0v) is 24.0. The molecule has 12 nitrogen and oxygen atoms in total. The third-order valence-corrected chi connectivity index (χ3v) is 7.83. The number of anilines is 1. The van der Waals surface area contributed by atoms with Crippen LogP contribution in [0.4, 0.5) is 5.69 Å². The van der Waals surface area contributed by atoms with Crippen LogP contribution in [-0.2, 0) is 19.1 Å². The SMILES string of the molecule is COc1cc(N)c(Cl)cc1C(=O)NC1CCN(CC2CCN(C(=O)C3CCCO3)CC2)CC1.O=C(O)/C=C/C(=O)O. The minimum Gasteiger partial charge on any atom is -0.496 e. The Labute approximate surface area is 244 Å². The number of rotatable bonds is 8. The molecule has 3 aliphatic heterocycles. The number of nitrogens with one attached hydrogen (secondary N) is 1. The van der Waals surface area contributed by atoms with Gasteiger partial charge in [0.05, 0.1) is 23.4 Å². The predicted molar refractivity (Wildman–Crippen MR) is 152 cm³/mol. The molecule has 0 bridgehead atoms. The van der Waals surface area contributed by atoms with E-state index < -0.39 is 11.9 Å². The lowest BCUT2D eigenvalue weighted by Gasteiger charge is -2.38. The number of aliphatic carboxylic acids is 2. The second-order valence-corrected chi connectivity index (χ2v) is 10.8. The van der Waals surface area contributed by atoms with Gasteiger partial charge in [-0.2, -0.15) is 0 Å². The van der Waals surface area contributed by atoms with Crippen molar-refractivity contribution in [1.82, 2.24) is 15.1 Å². The minimum atomic E-state index is -1.26. The summed E-state index contributed by atoms with van der Waals surface area (Å²) in [5.41, 5.74) is 6.61. The molecule has 1 atom stereocenters. The van der Waals surface area contributed by atoms with Crippen molar-refractivity contribution in [2.45, 2.75) is 50.7 Å². The Balaban J connectivity index is 0.000000507. The van der Waals surface area contributed by atoms with Crippen LogP contribution in [0.5, 0.6) is 5.75 Å². The van der Waals surface area contributed by atoms with Crippen molar-refractivity contribution >= 4 is 41.0 Å². The molecule has 0 aromatic heterocycles. The van der Waals surface area contributed by atoms with Gasteiger partial charge in [0.2, 0.25) is 0 Å². The van der Waals surface area contributed by atoms with E-state index >= 15 is 0 Å². The van der Waals surface area contributed by atoms with Crippen LogP contribution in [-0.4, -0.2) is 102 Å². The number of nitrogen functional groups attached to an aromatic ring is 1. The maximum absolute atomic E-state index is 12.8. The second kappa shape index (κ2) is 15.6. The number of hydrogen-bond acceptors (Lipinski definition) is 8. The van der Waals surface area contributed by atoms with E-state index in [1.807, 2.05) is 4.90 Å². The van der Waals surface area contributed by atoms with Gasteiger partial charge in [-0.15, -0.1) is 0 Å². The Morgan fingerprint density at radius 3 is 2.22 bits per heavy atom. The maximum atomic E-state index is 12.8. The van der Waals surface area contributed by atoms with E-state index in [0.29, 0.717) is 46.7 Å². The van der Waals surface area contributed by atoms with E-state index in [9.17, 15) is 19.2 Å². The van der Waals surface area contributed by atoms with Crippen LogP contribution in [0.2, 0.25) is 5.02 Å². The second-order valence-electron chi connectivity index (χ2n) is 10.4. The lowest BCUT2D eigenvalue weighted by molar-refractivity contribution is -0.142. The fourth-order valence-electron chi connectivity index (χ4n) is 5.26. The number of ether oxygens (including phenoxy) is 2. The molecule has 0 aliphatic carbocycles. The highest BCUT2D eigenvalue weighted by Gasteiger charge is 2.32. The number of nitrogens with zero attached hydrogens (tertiary/aromatic N) is 2. The Morgan fingerprint density at radius 1 is 1.05 bits per heavy atom. The quantitative estimate of drug-likeness (QED) is 0.258. The van der Waals surface area contributed by atoms with Crippen molar-refractivity contribution in [2.75, 3.05) is 52.2 Å². The summed E-state index contributed by atoms with van der Waals surface area (Å²) in [6, 6.07) is 3.27. The molecule has 0 saturated carbocycles. The average Bonchev–Trinajstić information content (AvgIpc) is 3.50. The minimum absolute atomic E-state index is 0.126. The summed E-state index contributed by atoms with van der Waals surface area (Å²) in [6.45, 7) is 5.36. The Kier molecular flexibility index (Phi) is 12.2. The molecule has 3 heterocycles. The number of carbonyl (C=O) groups excluding carboxylic acids is 2. The molecule has 1 unspecified atom stereocenters. The normalized spacial score (nSPS) is 20.3. The van der Waals surface area contributed by atoms with Crippen molar-refractivity contribution in [3.05, 3.63) is 34.9 Å². The predicted octanol–water partition coefficient (Wildman–Crippen LogP) is 2.25. The van der Waals surface area contributed by atoms with Gasteiger partial charge in [0.25, 0.3) is 11.8 Å². The molecule has 13 heteroatoms. The fourth-order valence-corrected chi connectivity index (χ4v) is 5.42. The van der Waals surface area contributed by atoms with Crippen molar-refractivity contribution in [1.29, 1.82) is 0 Å². The number of halogens is 1. The van der Waals surface area contributed by atoms with Gasteiger partial charge in [-0.05, 0) is 50.5 Å². The number of benzene rings is 1. The first-order valence-corrected chi connectivity index (χ1v) is 14.2.